The molecule has 6 nitrogen and oxygen atoms in total. The van der Waals surface area contributed by atoms with Crippen molar-refractivity contribution in [3.63, 3.8) is 0 Å². The maximum atomic E-state index is 9.98. The lowest BCUT2D eigenvalue weighted by molar-refractivity contribution is -0.118. The highest BCUT2D eigenvalue weighted by atomic mass is 16.6. The highest BCUT2D eigenvalue weighted by Gasteiger charge is 2.40. The van der Waals surface area contributed by atoms with E-state index in [9.17, 15) is 15.3 Å². The van der Waals surface area contributed by atoms with Gasteiger partial charge in [-0.3, -0.25) is 0 Å². The van der Waals surface area contributed by atoms with E-state index in [-0.39, 0.29) is 13.2 Å². The summed E-state index contributed by atoms with van der Waals surface area (Å²) in [5.74, 6) is 0. The van der Waals surface area contributed by atoms with E-state index in [2.05, 4.69) is 0 Å². The summed E-state index contributed by atoms with van der Waals surface area (Å²) >= 11 is 0. The van der Waals surface area contributed by atoms with Gasteiger partial charge >= 0.3 is 0 Å². The first-order chi connectivity index (χ1) is 9.63. The van der Waals surface area contributed by atoms with Crippen LogP contribution in [0.3, 0.4) is 0 Å². The second-order valence-corrected chi connectivity index (χ2v) is 4.86. The molecule has 2 rings (SSSR count). The minimum Gasteiger partial charge on any atom is -0.394 e. The van der Waals surface area contributed by atoms with E-state index >= 15 is 0 Å². The zero-order valence-electron chi connectivity index (χ0n) is 11.0. The Morgan fingerprint density at radius 3 is 2.40 bits per heavy atom. The van der Waals surface area contributed by atoms with Crippen LogP contribution in [0.4, 0.5) is 0 Å². The summed E-state index contributed by atoms with van der Waals surface area (Å²) in [6, 6.07) is 9.40. The quantitative estimate of drug-likeness (QED) is 0.569. The van der Waals surface area contributed by atoms with Crippen LogP contribution in [0, 0.1) is 0 Å². The normalized spacial score (nSPS) is 34.7. The van der Waals surface area contributed by atoms with Crippen LogP contribution in [0.2, 0.25) is 0 Å². The lowest BCUT2D eigenvalue weighted by Crippen LogP contribution is -2.47. The zero-order chi connectivity index (χ0) is 14.5. The molecule has 0 aromatic heterocycles. The molecule has 0 unspecified atom stereocenters. The van der Waals surface area contributed by atoms with Crippen LogP contribution >= 0.6 is 0 Å². The number of hydrogen-bond donors (Lipinski definition) is 4. The SMILES string of the molecule is OC[C@H]1OC[C@H](OCc2ccccc2)[C@@H](O)[C@@H](O)[C@@H]1O. The third-order valence-electron chi connectivity index (χ3n) is 3.42. The summed E-state index contributed by atoms with van der Waals surface area (Å²) in [5, 5.41) is 38.6. The predicted octanol–water partition coefficient (Wildman–Crippen LogP) is -0.954. The molecular weight excluding hydrogens is 264 g/mol. The lowest BCUT2D eigenvalue weighted by atomic mass is 10.0. The molecule has 6 heteroatoms. The van der Waals surface area contributed by atoms with Crippen molar-refractivity contribution in [2.75, 3.05) is 13.2 Å². The Bertz CT molecular complexity index is 398. The van der Waals surface area contributed by atoms with Crippen LogP contribution < -0.4 is 0 Å². The van der Waals surface area contributed by atoms with Crippen molar-refractivity contribution < 1.29 is 29.9 Å². The molecule has 20 heavy (non-hydrogen) atoms. The van der Waals surface area contributed by atoms with E-state index in [0.29, 0.717) is 0 Å². The number of aliphatic hydroxyl groups is 4. The maximum absolute atomic E-state index is 9.98. The number of hydrogen-bond acceptors (Lipinski definition) is 6. The number of rotatable bonds is 4. The average molecular weight is 284 g/mol. The van der Waals surface area contributed by atoms with Gasteiger partial charge in [-0.25, -0.2) is 0 Å². The van der Waals surface area contributed by atoms with E-state index in [4.69, 9.17) is 14.6 Å². The van der Waals surface area contributed by atoms with Gasteiger partial charge in [-0.2, -0.15) is 0 Å². The molecule has 0 aliphatic carbocycles. The molecule has 1 aromatic rings. The van der Waals surface area contributed by atoms with Gasteiger partial charge in [0.2, 0.25) is 0 Å². The summed E-state index contributed by atoms with van der Waals surface area (Å²) in [6.07, 6.45) is -5.73. The Balaban J connectivity index is 1.97. The number of benzene rings is 1. The molecule has 112 valence electrons. The van der Waals surface area contributed by atoms with Crippen LogP contribution in [0.1, 0.15) is 5.56 Å². The summed E-state index contributed by atoms with van der Waals surface area (Å²) in [4.78, 5) is 0. The van der Waals surface area contributed by atoms with Gasteiger partial charge in [-0.1, -0.05) is 30.3 Å². The van der Waals surface area contributed by atoms with Crippen molar-refractivity contribution in [3.05, 3.63) is 35.9 Å². The first kappa shape index (κ1) is 15.4. The monoisotopic (exact) mass is 284 g/mol. The van der Waals surface area contributed by atoms with Crippen LogP contribution in [-0.2, 0) is 16.1 Å². The Kier molecular flexibility index (Phi) is 5.47. The highest BCUT2D eigenvalue weighted by molar-refractivity contribution is 5.13. The van der Waals surface area contributed by atoms with Gasteiger partial charge in [0, 0.05) is 0 Å². The first-order valence-electron chi connectivity index (χ1n) is 6.55. The molecule has 1 fully saturated rings. The Morgan fingerprint density at radius 1 is 1.05 bits per heavy atom. The van der Waals surface area contributed by atoms with Crippen LogP contribution in [-0.4, -0.2) is 64.2 Å². The topological polar surface area (TPSA) is 99.4 Å². The van der Waals surface area contributed by atoms with E-state index in [0.717, 1.165) is 5.56 Å². The van der Waals surface area contributed by atoms with E-state index < -0.39 is 37.1 Å². The lowest BCUT2D eigenvalue weighted by Gasteiger charge is -2.25. The Labute approximate surface area is 117 Å². The van der Waals surface area contributed by atoms with Gasteiger partial charge in [0.25, 0.3) is 0 Å². The molecule has 0 bridgehead atoms. The Morgan fingerprint density at radius 2 is 1.75 bits per heavy atom. The van der Waals surface area contributed by atoms with E-state index in [1.807, 2.05) is 30.3 Å². The molecule has 5 atom stereocenters. The molecule has 0 radical (unpaired) electrons. The number of aliphatic hydroxyl groups excluding tert-OH is 4. The summed E-state index contributed by atoms with van der Waals surface area (Å²) in [7, 11) is 0. The molecule has 1 saturated heterocycles. The van der Waals surface area contributed by atoms with Crippen molar-refractivity contribution in [1.29, 1.82) is 0 Å². The van der Waals surface area contributed by atoms with Gasteiger partial charge in [-0.15, -0.1) is 0 Å². The molecule has 0 spiro atoms. The largest absolute Gasteiger partial charge is 0.394 e. The smallest absolute Gasteiger partial charge is 0.111 e. The summed E-state index contributed by atoms with van der Waals surface area (Å²) < 4.78 is 10.8. The predicted molar refractivity (Wildman–Crippen MR) is 69.9 cm³/mol. The fourth-order valence-electron chi connectivity index (χ4n) is 2.14. The fourth-order valence-corrected chi connectivity index (χ4v) is 2.14. The minimum absolute atomic E-state index is 0.00660. The minimum atomic E-state index is -1.42. The second-order valence-electron chi connectivity index (χ2n) is 4.86. The van der Waals surface area contributed by atoms with Crippen LogP contribution in [0.15, 0.2) is 30.3 Å². The molecule has 1 heterocycles. The van der Waals surface area contributed by atoms with Gasteiger partial charge in [0.15, 0.2) is 0 Å². The highest BCUT2D eigenvalue weighted by Crippen LogP contribution is 2.19. The zero-order valence-corrected chi connectivity index (χ0v) is 11.0. The molecule has 1 aromatic carbocycles. The van der Waals surface area contributed by atoms with Gasteiger partial charge in [0.05, 0.1) is 19.8 Å². The van der Waals surface area contributed by atoms with E-state index in [1.54, 1.807) is 0 Å². The van der Waals surface area contributed by atoms with Crippen LogP contribution in [0.25, 0.3) is 0 Å². The van der Waals surface area contributed by atoms with Gasteiger partial charge in [0.1, 0.15) is 30.5 Å². The Hall–Kier alpha value is -1.02. The molecular formula is C14H20O6. The van der Waals surface area contributed by atoms with Crippen molar-refractivity contribution >= 4 is 0 Å². The van der Waals surface area contributed by atoms with Gasteiger partial charge < -0.3 is 29.9 Å². The molecule has 1 aliphatic heterocycles. The summed E-state index contributed by atoms with van der Waals surface area (Å²) in [5.41, 5.74) is 0.928. The molecule has 4 N–H and O–H groups in total. The molecule has 0 saturated carbocycles. The first-order valence-corrected chi connectivity index (χ1v) is 6.55. The van der Waals surface area contributed by atoms with Gasteiger partial charge in [-0.05, 0) is 5.56 Å². The third kappa shape index (κ3) is 3.54. The molecule has 1 aliphatic rings. The van der Waals surface area contributed by atoms with Crippen molar-refractivity contribution in [2.45, 2.75) is 37.1 Å². The van der Waals surface area contributed by atoms with Crippen LogP contribution in [0.5, 0.6) is 0 Å². The third-order valence-corrected chi connectivity index (χ3v) is 3.42. The van der Waals surface area contributed by atoms with Crippen molar-refractivity contribution in [2.24, 2.45) is 0 Å². The number of ether oxygens (including phenoxy) is 2. The average Bonchev–Trinajstić information content (AvgIpc) is 2.58. The maximum Gasteiger partial charge on any atom is 0.111 e. The molecule has 0 amide bonds. The fraction of sp³-hybridized carbons (Fsp3) is 0.571. The standard InChI is InChI=1S/C14H20O6/c15-6-10-12(16)14(18)13(17)11(8-20-10)19-7-9-4-2-1-3-5-9/h1-5,10-18H,6-8H2/t10-,11+,12-,13-,14+/m1/s1. The second kappa shape index (κ2) is 7.12. The van der Waals surface area contributed by atoms with Crippen molar-refractivity contribution in [1.82, 2.24) is 0 Å². The summed E-state index contributed by atoms with van der Waals surface area (Å²) in [6.45, 7) is -0.178. The van der Waals surface area contributed by atoms with Crippen molar-refractivity contribution in [3.8, 4) is 0 Å². The van der Waals surface area contributed by atoms with E-state index in [1.165, 1.54) is 0 Å².